The van der Waals surface area contributed by atoms with Crippen LogP contribution < -0.4 is 19.9 Å². The minimum absolute atomic E-state index is 0.0949. The van der Waals surface area contributed by atoms with Crippen molar-refractivity contribution in [3.8, 4) is 5.75 Å². The highest BCUT2D eigenvalue weighted by Gasteiger charge is 2.41. The Bertz CT molecular complexity index is 1090. The molecule has 2 atom stereocenters. The zero-order valence-corrected chi connectivity index (χ0v) is 18.3. The first-order valence-corrected chi connectivity index (χ1v) is 11.1. The number of ether oxygens (including phenoxy) is 1. The molecule has 1 aromatic heterocycles. The third kappa shape index (κ3) is 3.88. The van der Waals surface area contributed by atoms with Crippen LogP contribution in [0.1, 0.15) is 11.1 Å². The van der Waals surface area contributed by atoms with E-state index in [2.05, 4.69) is 50.4 Å². The second kappa shape index (κ2) is 8.91. The summed E-state index contributed by atoms with van der Waals surface area (Å²) in [6.07, 6.45) is 4.29. The zero-order chi connectivity index (χ0) is 21.9. The standard InChI is InChI=1S/C26H28N4O2/c1-32-25-11-5-4-10-23(25)29-13-14-30-22-9-3-2-8-20(22)15-21(24(30)18-29)26(31)28-17-19-7-6-12-27-16-19/h2-12,16,21,24H,13-15,17-18H2,1H3,(H,28,31)/t21-,24+/m1/s1. The van der Waals surface area contributed by atoms with Gasteiger partial charge >= 0.3 is 0 Å². The molecule has 3 heterocycles. The fraction of sp³-hybridized carbons (Fsp3) is 0.308. The molecule has 6 heteroatoms. The molecular formula is C26H28N4O2. The number of hydrogen-bond donors (Lipinski definition) is 1. The van der Waals surface area contributed by atoms with Crippen LogP contribution in [0.5, 0.6) is 5.75 Å². The SMILES string of the molecule is COc1ccccc1N1CCN2c3ccccc3C[C@@H](C(=O)NCc3cccnc3)[C@@H]2C1. The highest BCUT2D eigenvalue weighted by atomic mass is 16.5. The summed E-state index contributed by atoms with van der Waals surface area (Å²) < 4.78 is 5.61. The fourth-order valence-electron chi connectivity index (χ4n) is 4.99. The summed E-state index contributed by atoms with van der Waals surface area (Å²) in [6, 6.07) is 20.6. The molecule has 0 bridgehead atoms. The van der Waals surface area contributed by atoms with Gasteiger partial charge in [0.05, 0.1) is 24.8 Å². The van der Waals surface area contributed by atoms with Gasteiger partial charge < -0.3 is 19.9 Å². The van der Waals surface area contributed by atoms with Gasteiger partial charge in [-0.2, -0.15) is 0 Å². The summed E-state index contributed by atoms with van der Waals surface area (Å²) in [7, 11) is 1.71. The molecule has 0 spiro atoms. The average molecular weight is 429 g/mol. The van der Waals surface area contributed by atoms with Crippen molar-refractivity contribution in [1.82, 2.24) is 10.3 Å². The number of para-hydroxylation sites is 3. The molecule has 1 fully saturated rings. The first-order chi connectivity index (χ1) is 15.7. The molecule has 1 amide bonds. The number of aromatic nitrogens is 1. The quantitative estimate of drug-likeness (QED) is 0.676. The Morgan fingerprint density at radius 3 is 2.69 bits per heavy atom. The van der Waals surface area contributed by atoms with E-state index >= 15 is 0 Å². The minimum Gasteiger partial charge on any atom is -0.495 e. The van der Waals surface area contributed by atoms with Crippen molar-refractivity contribution in [3.05, 3.63) is 84.2 Å². The van der Waals surface area contributed by atoms with Crippen molar-refractivity contribution in [2.24, 2.45) is 5.92 Å². The molecule has 0 unspecified atom stereocenters. The van der Waals surface area contributed by atoms with Crippen LogP contribution in [0.25, 0.3) is 0 Å². The maximum Gasteiger partial charge on any atom is 0.225 e. The summed E-state index contributed by atoms with van der Waals surface area (Å²) >= 11 is 0. The number of hydrogen-bond acceptors (Lipinski definition) is 5. The van der Waals surface area contributed by atoms with Gasteiger partial charge in [0.1, 0.15) is 5.75 Å². The van der Waals surface area contributed by atoms with Gasteiger partial charge in [-0.15, -0.1) is 0 Å². The molecule has 2 aliphatic rings. The first-order valence-electron chi connectivity index (χ1n) is 11.1. The maximum absolute atomic E-state index is 13.4. The first kappa shape index (κ1) is 20.4. The van der Waals surface area contributed by atoms with Gasteiger partial charge in [0, 0.05) is 44.3 Å². The van der Waals surface area contributed by atoms with Crippen molar-refractivity contribution < 1.29 is 9.53 Å². The van der Waals surface area contributed by atoms with Crippen molar-refractivity contribution in [2.45, 2.75) is 19.0 Å². The number of nitrogens with zero attached hydrogens (tertiary/aromatic N) is 3. The predicted molar refractivity (Wildman–Crippen MR) is 126 cm³/mol. The number of piperazine rings is 1. The summed E-state index contributed by atoms with van der Waals surface area (Å²) in [5.74, 6) is 0.842. The Morgan fingerprint density at radius 2 is 1.88 bits per heavy atom. The van der Waals surface area contributed by atoms with Gasteiger partial charge in [-0.25, -0.2) is 0 Å². The van der Waals surface area contributed by atoms with Crippen LogP contribution in [-0.2, 0) is 17.8 Å². The van der Waals surface area contributed by atoms with E-state index in [1.165, 1.54) is 11.3 Å². The molecule has 2 aromatic carbocycles. The summed E-state index contributed by atoms with van der Waals surface area (Å²) in [4.78, 5) is 22.3. The maximum atomic E-state index is 13.4. The van der Waals surface area contributed by atoms with Crippen LogP contribution in [0.15, 0.2) is 73.1 Å². The molecule has 164 valence electrons. The second-order valence-corrected chi connectivity index (χ2v) is 8.40. The molecule has 0 saturated carbocycles. The Labute approximate surface area is 188 Å². The van der Waals surface area contributed by atoms with E-state index in [-0.39, 0.29) is 17.9 Å². The molecule has 5 rings (SSSR count). The van der Waals surface area contributed by atoms with Crippen LogP contribution in [0.3, 0.4) is 0 Å². The molecule has 2 aliphatic heterocycles. The van der Waals surface area contributed by atoms with E-state index in [0.29, 0.717) is 6.54 Å². The van der Waals surface area contributed by atoms with E-state index < -0.39 is 0 Å². The number of carbonyl (C=O) groups is 1. The average Bonchev–Trinajstić information content (AvgIpc) is 2.87. The lowest BCUT2D eigenvalue weighted by atomic mass is 9.83. The summed E-state index contributed by atoms with van der Waals surface area (Å²) in [5.41, 5.74) is 4.60. The van der Waals surface area contributed by atoms with E-state index in [1.807, 2.05) is 30.3 Å². The third-order valence-electron chi connectivity index (χ3n) is 6.58. The molecule has 3 aromatic rings. The summed E-state index contributed by atoms with van der Waals surface area (Å²) in [5, 5.41) is 3.16. The number of amides is 1. The van der Waals surface area contributed by atoms with Gasteiger partial charge in [-0.1, -0.05) is 36.4 Å². The largest absolute Gasteiger partial charge is 0.495 e. The van der Waals surface area contributed by atoms with Crippen LogP contribution in [0.2, 0.25) is 0 Å². The normalized spacial score (nSPS) is 19.7. The van der Waals surface area contributed by atoms with Crippen LogP contribution in [0.4, 0.5) is 11.4 Å². The Morgan fingerprint density at radius 1 is 1.06 bits per heavy atom. The fourth-order valence-corrected chi connectivity index (χ4v) is 4.99. The van der Waals surface area contributed by atoms with Crippen LogP contribution >= 0.6 is 0 Å². The number of pyridine rings is 1. The van der Waals surface area contributed by atoms with Crippen molar-refractivity contribution in [1.29, 1.82) is 0 Å². The Balaban J connectivity index is 1.41. The lowest BCUT2D eigenvalue weighted by Gasteiger charge is -2.49. The second-order valence-electron chi connectivity index (χ2n) is 8.40. The van der Waals surface area contributed by atoms with Gasteiger partial charge in [0.2, 0.25) is 5.91 Å². The number of benzene rings is 2. The molecule has 0 aliphatic carbocycles. The number of fused-ring (bicyclic) bond motifs is 3. The molecule has 1 saturated heterocycles. The number of carbonyl (C=O) groups excluding carboxylic acids is 1. The van der Waals surface area contributed by atoms with E-state index in [9.17, 15) is 4.79 Å². The third-order valence-corrected chi connectivity index (χ3v) is 6.58. The highest BCUT2D eigenvalue weighted by Crippen LogP contribution is 2.38. The van der Waals surface area contributed by atoms with Crippen LogP contribution in [0, 0.1) is 5.92 Å². The lowest BCUT2D eigenvalue weighted by Crippen LogP contribution is -2.61. The number of nitrogens with one attached hydrogen (secondary N) is 1. The molecule has 32 heavy (non-hydrogen) atoms. The molecule has 6 nitrogen and oxygen atoms in total. The van der Waals surface area contributed by atoms with E-state index in [1.54, 1.807) is 19.5 Å². The van der Waals surface area contributed by atoms with Gasteiger partial charge in [-0.05, 0) is 41.8 Å². The van der Waals surface area contributed by atoms with Crippen molar-refractivity contribution in [2.75, 3.05) is 36.5 Å². The van der Waals surface area contributed by atoms with Crippen molar-refractivity contribution >= 4 is 17.3 Å². The molecule has 0 radical (unpaired) electrons. The van der Waals surface area contributed by atoms with Crippen LogP contribution in [-0.4, -0.2) is 43.7 Å². The predicted octanol–water partition coefficient (Wildman–Crippen LogP) is 3.27. The smallest absolute Gasteiger partial charge is 0.225 e. The highest BCUT2D eigenvalue weighted by molar-refractivity contribution is 5.82. The number of anilines is 2. The van der Waals surface area contributed by atoms with E-state index in [4.69, 9.17) is 4.74 Å². The van der Waals surface area contributed by atoms with Gasteiger partial charge in [0.15, 0.2) is 0 Å². The molecular weight excluding hydrogens is 400 g/mol. The number of methoxy groups -OCH3 is 1. The number of rotatable bonds is 5. The van der Waals surface area contributed by atoms with Crippen molar-refractivity contribution in [3.63, 3.8) is 0 Å². The van der Waals surface area contributed by atoms with Gasteiger partial charge in [0.25, 0.3) is 0 Å². The zero-order valence-electron chi connectivity index (χ0n) is 18.3. The topological polar surface area (TPSA) is 57.7 Å². The monoisotopic (exact) mass is 428 g/mol. The lowest BCUT2D eigenvalue weighted by molar-refractivity contribution is -0.126. The molecule has 1 N–H and O–H groups in total. The Hall–Kier alpha value is -3.54. The van der Waals surface area contributed by atoms with Gasteiger partial charge in [-0.3, -0.25) is 9.78 Å². The van der Waals surface area contributed by atoms with E-state index in [0.717, 1.165) is 43.1 Å². The summed E-state index contributed by atoms with van der Waals surface area (Å²) in [6.45, 7) is 3.02. The Kier molecular flexibility index (Phi) is 5.67. The minimum atomic E-state index is -0.126.